The first-order valence-electron chi connectivity index (χ1n) is 9.12. The van der Waals surface area contributed by atoms with Crippen LogP contribution in [0.2, 0.25) is 5.02 Å². The van der Waals surface area contributed by atoms with Gasteiger partial charge in [-0.2, -0.15) is 0 Å². The van der Waals surface area contributed by atoms with Gasteiger partial charge in [0.05, 0.1) is 40.0 Å². The normalized spacial score (nSPS) is 11.1. The Morgan fingerprint density at radius 2 is 2.07 bits per heavy atom. The van der Waals surface area contributed by atoms with E-state index in [9.17, 15) is 4.39 Å². The van der Waals surface area contributed by atoms with Crippen LogP contribution in [0.3, 0.4) is 0 Å². The summed E-state index contributed by atoms with van der Waals surface area (Å²) < 4.78 is 22.9. The Morgan fingerprint density at radius 1 is 1.20 bits per heavy atom. The number of nitrogens with zero attached hydrogens (tertiary/aromatic N) is 2. The third-order valence-corrected chi connectivity index (χ3v) is 6.28. The zero-order valence-electron chi connectivity index (χ0n) is 16.1. The lowest BCUT2D eigenvalue weighted by atomic mass is 10.0. The molecule has 0 aliphatic heterocycles. The molecule has 0 fully saturated rings. The highest BCUT2D eigenvalue weighted by Gasteiger charge is 2.15. The maximum Gasteiger partial charge on any atom is 0.192 e. The molecule has 154 valence electrons. The molecule has 0 radical (unpaired) electrons. The van der Waals surface area contributed by atoms with Crippen LogP contribution in [0, 0.1) is 5.82 Å². The van der Waals surface area contributed by atoms with Crippen molar-refractivity contribution >= 4 is 51.4 Å². The maximum absolute atomic E-state index is 14.7. The van der Waals surface area contributed by atoms with Gasteiger partial charge in [-0.25, -0.2) is 9.37 Å². The summed E-state index contributed by atoms with van der Waals surface area (Å²) in [5.74, 6) is -0.125. The van der Waals surface area contributed by atoms with Crippen molar-refractivity contribution in [1.82, 2.24) is 9.97 Å². The van der Waals surface area contributed by atoms with E-state index < -0.39 is 5.82 Å². The highest BCUT2D eigenvalue weighted by molar-refractivity contribution is 8.00. The van der Waals surface area contributed by atoms with E-state index in [0.29, 0.717) is 26.4 Å². The lowest BCUT2D eigenvalue weighted by molar-refractivity contribution is 0.568. The number of furan rings is 1. The highest BCUT2D eigenvalue weighted by Crippen LogP contribution is 2.37. The number of anilines is 3. The molecule has 0 saturated carbocycles. The van der Waals surface area contributed by atoms with Gasteiger partial charge in [0.25, 0.3) is 0 Å². The van der Waals surface area contributed by atoms with Crippen LogP contribution in [0.4, 0.5) is 20.9 Å². The molecule has 30 heavy (non-hydrogen) atoms. The highest BCUT2D eigenvalue weighted by atomic mass is 35.5. The van der Waals surface area contributed by atoms with Gasteiger partial charge < -0.3 is 14.5 Å². The Kier molecular flexibility index (Phi) is 6.26. The molecule has 0 aliphatic carbocycles. The van der Waals surface area contributed by atoms with Gasteiger partial charge in [-0.05, 0) is 36.1 Å². The first kappa shape index (κ1) is 20.7. The molecule has 5 nitrogen and oxygen atoms in total. The summed E-state index contributed by atoms with van der Waals surface area (Å²) in [4.78, 5) is 9.02. The zero-order chi connectivity index (χ0) is 21.1. The van der Waals surface area contributed by atoms with Crippen LogP contribution in [0.25, 0.3) is 11.1 Å². The molecular weight excluding hydrogens is 443 g/mol. The molecular formula is C21H18ClFN4OS2. The summed E-state index contributed by atoms with van der Waals surface area (Å²) in [5.41, 5.74) is 3.93. The number of halogens is 2. The summed E-state index contributed by atoms with van der Waals surface area (Å²) in [5, 5.41) is 6.15. The van der Waals surface area contributed by atoms with E-state index in [1.165, 1.54) is 17.4 Å². The Balaban J connectivity index is 1.62. The number of hydrogen-bond donors (Lipinski definition) is 2. The third kappa shape index (κ3) is 4.61. The average molecular weight is 461 g/mol. The van der Waals surface area contributed by atoms with E-state index in [0.717, 1.165) is 28.8 Å². The molecule has 3 heterocycles. The van der Waals surface area contributed by atoms with Crippen LogP contribution in [-0.4, -0.2) is 9.97 Å². The van der Waals surface area contributed by atoms with E-state index in [1.54, 1.807) is 31.0 Å². The van der Waals surface area contributed by atoms with E-state index in [-0.39, 0.29) is 5.92 Å². The van der Waals surface area contributed by atoms with Crippen LogP contribution in [-0.2, 0) is 0 Å². The minimum absolute atomic E-state index is 0.271. The molecule has 1 aromatic carbocycles. The van der Waals surface area contributed by atoms with Crippen molar-refractivity contribution in [1.29, 1.82) is 0 Å². The Hall–Kier alpha value is -2.55. The van der Waals surface area contributed by atoms with Gasteiger partial charge in [-0.1, -0.05) is 25.4 Å². The molecule has 3 aromatic heterocycles. The van der Waals surface area contributed by atoms with Gasteiger partial charge in [-0.3, -0.25) is 4.98 Å². The van der Waals surface area contributed by atoms with Crippen molar-refractivity contribution in [2.75, 3.05) is 10.0 Å². The van der Waals surface area contributed by atoms with Crippen LogP contribution in [0.5, 0.6) is 0 Å². The number of nitrogens with one attached hydrogen (secondary N) is 2. The van der Waals surface area contributed by atoms with Crippen LogP contribution in [0.15, 0.2) is 63.9 Å². The Labute approximate surface area is 186 Å². The maximum atomic E-state index is 14.7. The van der Waals surface area contributed by atoms with E-state index >= 15 is 0 Å². The standard InChI is InChI=1S/C21H18ClFN4OS2/c1-12(2)17-7-14(13-3-5-28-11-13)19(10-25-17)26-18-9-16(23)20(8-15(18)22)30-27-21-24-4-6-29-21/h3-12,26H,1-2H3,(H,24,27). The lowest BCUT2D eigenvalue weighted by Crippen LogP contribution is -2.00. The minimum Gasteiger partial charge on any atom is -0.472 e. The SMILES string of the molecule is CC(C)c1cc(-c2ccoc2)c(Nc2cc(F)c(SNc3nccs3)cc2Cl)cn1. The first-order chi connectivity index (χ1) is 14.5. The molecule has 9 heteroatoms. The van der Waals surface area contributed by atoms with Crippen molar-refractivity contribution in [2.24, 2.45) is 0 Å². The van der Waals surface area contributed by atoms with Gasteiger partial charge in [-0.15, -0.1) is 11.3 Å². The summed E-state index contributed by atoms with van der Waals surface area (Å²) >= 11 is 9.01. The number of thiazole rings is 1. The van der Waals surface area contributed by atoms with Gasteiger partial charge in [0.2, 0.25) is 0 Å². The monoisotopic (exact) mass is 460 g/mol. The number of rotatable bonds is 7. The minimum atomic E-state index is -0.396. The molecule has 0 atom stereocenters. The lowest BCUT2D eigenvalue weighted by Gasteiger charge is -2.15. The van der Waals surface area contributed by atoms with Gasteiger partial charge >= 0.3 is 0 Å². The van der Waals surface area contributed by atoms with Crippen molar-refractivity contribution in [3.63, 3.8) is 0 Å². The fraction of sp³-hybridized carbons (Fsp3) is 0.143. The molecule has 0 aliphatic rings. The summed E-state index contributed by atoms with van der Waals surface area (Å²) in [6.07, 6.45) is 6.69. The van der Waals surface area contributed by atoms with Gasteiger partial charge in [0.15, 0.2) is 5.13 Å². The number of benzene rings is 1. The molecule has 0 saturated heterocycles. The summed E-state index contributed by atoms with van der Waals surface area (Å²) in [6.45, 7) is 4.16. The molecule has 0 unspecified atom stereocenters. The Morgan fingerprint density at radius 3 is 2.77 bits per heavy atom. The summed E-state index contributed by atoms with van der Waals surface area (Å²) in [6, 6.07) is 6.84. The molecule has 0 amide bonds. The summed E-state index contributed by atoms with van der Waals surface area (Å²) in [7, 11) is 0. The fourth-order valence-corrected chi connectivity index (χ4v) is 4.31. The van der Waals surface area contributed by atoms with Crippen molar-refractivity contribution < 1.29 is 8.81 Å². The van der Waals surface area contributed by atoms with Crippen LogP contribution < -0.4 is 10.0 Å². The van der Waals surface area contributed by atoms with E-state index in [2.05, 4.69) is 33.9 Å². The number of pyridine rings is 1. The third-order valence-electron chi connectivity index (χ3n) is 4.32. The second kappa shape index (κ2) is 9.07. The molecule has 4 rings (SSSR count). The first-order valence-corrected chi connectivity index (χ1v) is 11.2. The van der Waals surface area contributed by atoms with Crippen LogP contribution in [0.1, 0.15) is 25.5 Å². The topological polar surface area (TPSA) is 63.0 Å². The molecule has 2 N–H and O–H groups in total. The van der Waals surface area contributed by atoms with Gasteiger partial charge in [0.1, 0.15) is 5.82 Å². The predicted molar refractivity (Wildman–Crippen MR) is 122 cm³/mol. The smallest absolute Gasteiger partial charge is 0.192 e. The molecule has 4 aromatic rings. The molecule has 0 bridgehead atoms. The van der Waals surface area contributed by atoms with E-state index in [1.807, 2.05) is 17.5 Å². The zero-order valence-corrected chi connectivity index (χ0v) is 18.5. The van der Waals surface area contributed by atoms with Crippen LogP contribution >= 0.6 is 34.9 Å². The second-order valence-corrected chi connectivity index (χ2v) is 8.90. The largest absolute Gasteiger partial charge is 0.472 e. The average Bonchev–Trinajstić information content (AvgIpc) is 3.43. The van der Waals surface area contributed by atoms with Crippen molar-refractivity contribution in [2.45, 2.75) is 24.7 Å². The Bertz CT molecular complexity index is 1130. The second-order valence-electron chi connectivity index (χ2n) is 6.75. The molecule has 0 spiro atoms. The number of aromatic nitrogens is 2. The quantitative estimate of drug-likeness (QED) is 0.277. The van der Waals surface area contributed by atoms with Gasteiger partial charge in [0, 0.05) is 34.5 Å². The van der Waals surface area contributed by atoms with Crippen molar-refractivity contribution in [3.8, 4) is 11.1 Å². The number of hydrogen-bond acceptors (Lipinski definition) is 7. The van der Waals surface area contributed by atoms with Crippen molar-refractivity contribution in [3.05, 3.63) is 71.1 Å². The predicted octanol–water partition coefficient (Wildman–Crippen LogP) is 7.58. The van der Waals surface area contributed by atoms with E-state index in [4.69, 9.17) is 16.0 Å². The fourth-order valence-electron chi connectivity index (χ4n) is 2.76.